The summed E-state index contributed by atoms with van der Waals surface area (Å²) in [5.74, 6) is 2.59. The molecule has 0 saturated carbocycles. The molecule has 1 N–H and O–H groups in total. The number of fused-ring (bicyclic) bond motifs is 1. The van der Waals surface area contributed by atoms with Gasteiger partial charge in [0.1, 0.15) is 0 Å². The Morgan fingerprint density at radius 2 is 2.31 bits per heavy atom. The van der Waals surface area contributed by atoms with E-state index in [1.165, 1.54) is 11.3 Å². The molecule has 0 radical (unpaired) electrons. The molecule has 0 aromatic heterocycles. The third-order valence-corrected chi connectivity index (χ3v) is 3.10. The number of anilines is 1. The molecule has 1 aromatic carbocycles. The second-order valence-electron chi connectivity index (χ2n) is 4.26. The zero-order valence-electron chi connectivity index (χ0n) is 9.74. The minimum absolute atomic E-state index is 0.602. The van der Waals surface area contributed by atoms with E-state index < -0.39 is 0 Å². The zero-order chi connectivity index (χ0) is 11.4. The summed E-state index contributed by atoms with van der Waals surface area (Å²) in [6.45, 7) is 4.91. The Hall–Kier alpha value is -1.46. The van der Waals surface area contributed by atoms with Crippen molar-refractivity contribution in [1.82, 2.24) is 5.32 Å². The maximum atomic E-state index is 5.20. The van der Waals surface area contributed by atoms with Crippen molar-refractivity contribution in [3.05, 3.63) is 29.8 Å². The fraction of sp³-hybridized carbons (Fsp3) is 0.429. The van der Waals surface area contributed by atoms with Crippen LogP contribution in [0.2, 0.25) is 0 Å². The first-order valence-corrected chi connectivity index (χ1v) is 5.81. The standard InChI is InChI=1S/C14H18N2/c1-3-8-15-9-10-16-12(2)11-13-6-4-5-7-14(13)16/h1,4-7,12,15H,8-11H2,2H3. The van der Waals surface area contributed by atoms with Crippen LogP contribution >= 0.6 is 0 Å². The number of hydrogen-bond donors (Lipinski definition) is 1. The van der Waals surface area contributed by atoms with Gasteiger partial charge in [-0.25, -0.2) is 0 Å². The molecule has 1 aliphatic rings. The van der Waals surface area contributed by atoms with Crippen LogP contribution in [-0.4, -0.2) is 25.7 Å². The van der Waals surface area contributed by atoms with Crippen LogP contribution in [0.15, 0.2) is 24.3 Å². The lowest BCUT2D eigenvalue weighted by atomic mass is 10.1. The third kappa shape index (κ3) is 2.20. The quantitative estimate of drug-likeness (QED) is 0.606. The number of hydrogen-bond acceptors (Lipinski definition) is 2. The first-order chi connectivity index (χ1) is 7.83. The SMILES string of the molecule is C#CCNCCN1c2ccccc2CC1C. The Morgan fingerprint density at radius 3 is 3.12 bits per heavy atom. The second kappa shape index (κ2) is 5.05. The molecule has 2 nitrogen and oxygen atoms in total. The number of rotatable bonds is 4. The van der Waals surface area contributed by atoms with E-state index in [1.807, 2.05) is 0 Å². The van der Waals surface area contributed by atoms with E-state index in [4.69, 9.17) is 6.42 Å². The summed E-state index contributed by atoms with van der Waals surface area (Å²) in [6.07, 6.45) is 6.36. The molecule has 84 valence electrons. The fourth-order valence-electron chi connectivity index (χ4n) is 2.33. The minimum Gasteiger partial charge on any atom is -0.367 e. The fourth-order valence-corrected chi connectivity index (χ4v) is 2.33. The summed E-state index contributed by atoms with van der Waals surface area (Å²) in [4.78, 5) is 2.46. The van der Waals surface area contributed by atoms with Gasteiger partial charge in [-0.1, -0.05) is 24.1 Å². The van der Waals surface area contributed by atoms with Crippen LogP contribution in [0.1, 0.15) is 12.5 Å². The monoisotopic (exact) mass is 214 g/mol. The Morgan fingerprint density at radius 1 is 1.50 bits per heavy atom. The predicted octanol–water partition coefficient (Wildman–Crippen LogP) is 1.66. The zero-order valence-corrected chi connectivity index (χ0v) is 9.74. The van der Waals surface area contributed by atoms with Crippen molar-refractivity contribution in [2.45, 2.75) is 19.4 Å². The Labute approximate surface area is 97.7 Å². The van der Waals surface area contributed by atoms with Gasteiger partial charge in [0.25, 0.3) is 0 Å². The van der Waals surface area contributed by atoms with Crippen molar-refractivity contribution in [2.75, 3.05) is 24.5 Å². The van der Waals surface area contributed by atoms with Crippen LogP contribution in [-0.2, 0) is 6.42 Å². The molecule has 1 heterocycles. The third-order valence-electron chi connectivity index (χ3n) is 3.10. The number of nitrogens with zero attached hydrogens (tertiary/aromatic N) is 1. The Balaban J connectivity index is 1.97. The van der Waals surface area contributed by atoms with Gasteiger partial charge in [0.05, 0.1) is 6.54 Å². The van der Waals surface area contributed by atoms with Crippen molar-refractivity contribution in [1.29, 1.82) is 0 Å². The van der Waals surface area contributed by atoms with Gasteiger partial charge >= 0.3 is 0 Å². The average molecular weight is 214 g/mol. The number of nitrogens with one attached hydrogen (secondary N) is 1. The van der Waals surface area contributed by atoms with E-state index in [0.29, 0.717) is 12.6 Å². The van der Waals surface area contributed by atoms with Gasteiger partial charge in [0.15, 0.2) is 0 Å². The van der Waals surface area contributed by atoms with Crippen molar-refractivity contribution >= 4 is 5.69 Å². The molecule has 16 heavy (non-hydrogen) atoms. The summed E-state index contributed by atoms with van der Waals surface area (Å²) >= 11 is 0. The molecule has 1 aromatic rings. The summed E-state index contributed by atoms with van der Waals surface area (Å²) < 4.78 is 0. The molecule has 0 aliphatic carbocycles. The number of benzene rings is 1. The molecule has 0 bridgehead atoms. The number of para-hydroxylation sites is 1. The lowest BCUT2D eigenvalue weighted by Crippen LogP contribution is -2.36. The van der Waals surface area contributed by atoms with E-state index in [9.17, 15) is 0 Å². The summed E-state index contributed by atoms with van der Waals surface area (Å²) in [5, 5.41) is 3.24. The van der Waals surface area contributed by atoms with Gasteiger partial charge in [-0.3, -0.25) is 0 Å². The Kier molecular flexibility index (Phi) is 3.48. The van der Waals surface area contributed by atoms with Gasteiger partial charge in [-0.2, -0.15) is 0 Å². The maximum Gasteiger partial charge on any atom is 0.0574 e. The van der Waals surface area contributed by atoms with Crippen LogP contribution in [0.3, 0.4) is 0 Å². The van der Waals surface area contributed by atoms with Crippen LogP contribution < -0.4 is 10.2 Å². The van der Waals surface area contributed by atoms with Crippen LogP contribution in [0.5, 0.6) is 0 Å². The molecule has 0 spiro atoms. The topological polar surface area (TPSA) is 15.3 Å². The predicted molar refractivity (Wildman–Crippen MR) is 68.7 cm³/mol. The normalized spacial score (nSPS) is 18.2. The smallest absolute Gasteiger partial charge is 0.0574 e. The van der Waals surface area contributed by atoms with E-state index in [2.05, 4.69) is 47.3 Å². The highest BCUT2D eigenvalue weighted by molar-refractivity contribution is 5.59. The first kappa shape index (κ1) is 11.0. The van der Waals surface area contributed by atoms with Gasteiger partial charge in [-0.05, 0) is 25.0 Å². The summed E-state index contributed by atoms with van der Waals surface area (Å²) in [5.41, 5.74) is 2.85. The maximum absolute atomic E-state index is 5.20. The molecule has 1 aliphatic heterocycles. The van der Waals surface area contributed by atoms with Crippen molar-refractivity contribution in [2.24, 2.45) is 0 Å². The molecule has 2 heteroatoms. The average Bonchev–Trinajstić information content (AvgIpc) is 2.61. The Bertz CT molecular complexity index is 392. The molecule has 0 amide bonds. The molecule has 1 unspecified atom stereocenters. The van der Waals surface area contributed by atoms with Gasteiger partial charge in [-0.15, -0.1) is 6.42 Å². The summed E-state index contributed by atoms with van der Waals surface area (Å²) in [7, 11) is 0. The largest absolute Gasteiger partial charge is 0.367 e. The first-order valence-electron chi connectivity index (χ1n) is 5.81. The molecule has 2 rings (SSSR count). The number of terminal acetylenes is 1. The minimum atomic E-state index is 0.602. The van der Waals surface area contributed by atoms with Crippen molar-refractivity contribution in [3.63, 3.8) is 0 Å². The van der Waals surface area contributed by atoms with E-state index in [-0.39, 0.29) is 0 Å². The van der Waals surface area contributed by atoms with Gasteiger partial charge < -0.3 is 10.2 Å². The van der Waals surface area contributed by atoms with Crippen molar-refractivity contribution < 1.29 is 0 Å². The van der Waals surface area contributed by atoms with E-state index >= 15 is 0 Å². The van der Waals surface area contributed by atoms with Gasteiger partial charge in [0, 0.05) is 24.8 Å². The summed E-state index contributed by atoms with van der Waals surface area (Å²) in [6, 6.07) is 9.26. The molecule has 0 fully saturated rings. The lowest BCUT2D eigenvalue weighted by molar-refractivity contribution is 0.639. The highest BCUT2D eigenvalue weighted by atomic mass is 15.2. The molecule has 1 atom stereocenters. The van der Waals surface area contributed by atoms with Crippen LogP contribution in [0, 0.1) is 12.3 Å². The second-order valence-corrected chi connectivity index (χ2v) is 4.26. The molecule has 0 saturated heterocycles. The van der Waals surface area contributed by atoms with E-state index in [1.54, 1.807) is 0 Å². The van der Waals surface area contributed by atoms with Crippen LogP contribution in [0.4, 0.5) is 5.69 Å². The van der Waals surface area contributed by atoms with Crippen molar-refractivity contribution in [3.8, 4) is 12.3 Å². The lowest BCUT2D eigenvalue weighted by Gasteiger charge is -2.24. The van der Waals surface area contributed by atoms with E-state index in [0.717, 1.165) is 19.5 Å². The highest BCUT2D eigenvalue weighted by Gasteiger charge is 2.24. The van der Waals surface area contributed by atoms with Crippen LogP contribution in [0.25, 0.3) is 0 Å². The molecular weight excluding hydrogens is 196 g/mol. The molecular formula is C14H18N2. The van der Waals surface area contributed by atoms with Gasteiger partial charge in [0.2, 0.25) is 0 Å². The highest BCUT2D eigenvalue weighted by Crippen LogP contribution is 2.30.